The normalized spacial score (nSPS) is 14.1. The van der Waals surface area contributed by atoms with Gasteiger partial charge in [0.05, 0.1) is 23.6 Å². The average molecular weight is 258 g/mol. The standard InChI is InChI=1S/C11H16ClN3O2/c1-6(3-7(2)16)15-11(17)9-4-8(13)5-14-10(9)12/h4-7,16H,3,13H2,1-2H3,(H,15,17). The first-order chi connectivity index (χ1) is 7.90. The Morgan fingerprint density at radius 2 is 2.29 bits per heavy atom. The number of hydrogen-bond donors (Lipinski definition) is 3. The number of pyridine rings is 1. The molecular formula is C11H16ClN3O2. The zero-order valence-electron chi connectivity index (χ0n) is 9.77. The lowest BCUT2D eigenvalue weighted by Crippen LogP contribution is -2.34. The Morgan fingerprint density at radius 1 is 1.65 bits per heavy atom. The number of carbonyl (C=O) groups is 1. The van der Waals surface area contributed by atoms with Crippen LogP contribution in [0.15, 0.2) is 12.3 Å². The number of hydrogen-bond acceptors (Lipinski definition) is 4. The van der Waals surface area contributed by atoms with Crippen LogP contribution in [0.25, 0.3) is 0 Å². The Hall–Kier alpha value is -1.33. The lowest BCUT2D eigenvalue weighted by atomic mass is 10.1. The molecule has 0 aromatic carbocycles. The van der Waals surface area contributed by atoms with E-state index in [0.29, 0.717) is 12.1 Å². The van der Waals surface area contributed by atoms with Gasteiger partial charge in [0, 0.05) is 6.04 Å². The highest BCUT2D eigenvalue weighted by Gasteiger charge is 2.15. The summed E-state index contributed by atoms with van der Waals surface area (Å²) in [7, 11) is 0. The highest BCUT2D eigenvalue weighted by atomic mass is 35.5. The molecule has 17 heavy (non-hydrogen) atoms. The van der Waals surface area contributed by atoms with Crippen molar-refractivity contribution in [2.75, 3.05) is 5.73 Å². The number of nitrogens with one attached hydrogen (secondary N) is 1. The first-order valence-corrected chi connectivity index (χ1v) is 5.68. The van der Waals surface area contributed by atoms with E-state index < -0.39 is 6.10 Å². The second-order valence-corrected chi connectivity index (χ2v) is 4.42. The van der Waals surface area contributed by atoms with Crippen LogP contribution in [-0.2, 0) is 0 Å². The summed E-state index contributed by atoms with van der Waals surface area (Å²) in [5, 5.41) is 12.0. The summed E-state index contributed by atoms with van der Waals surface area (Å²) >= 11 is 5.80. The number of anilines is 1. The highest BCUT2D eigenvalue weighted by Crippen LogP contribution is 2.15. The SMILES string of the molecule is CC(O)CC(C)NC(=O)c1cc(N)cnc1Cl. The van der Waals surface area contributed by atoms with E-state index >= 15 is 0 Å². The number of halogens is 1. The van der Waals surface area contributed by atoms with E-state index in [0.717, 1.165) is 0 Å². The second-order valence-electron chi connectivity index (χ2n) is 4.07. The van der Waals surface area contributed by atoms with E-state index in [4.69, 9.17) is 17.3 Å². The summed E-state index contributed by atoms with van der Waals surface area (Å²) in [6.07, 6.45) is 1.39. The van der Waals surface area contributed by atoms with E-state index in [2.05, 4.69) is 10.3 Å². The number of aromatic nitrogens is 1. The molecule has 94 valence electrons. The molecule has 0 bridgehead atoms. The van der Waals surface area contributed by atoms with Crippen molar-refractivity contribution in [3.63, 3.8) is 0 Å². The molecular weight excluding hydrogens is 242 g/mol. The van der Waals surface area contributed by atoms with E-state index in [1.807, 2.05) is 0 Å². The van der Waals surface area contributed by atoms with Crippen LogP contribution in [0.1, 0.15) is 30.6 Å². The zero-order chi connectivity index (χ0) is 13.0. The van der Waals surface area contributed by atoms with Gasteiger partial charge < -0.3 is 16.2 Å². The molecule has 2 unspecified atom stereocenters. The number of rotatable bonds is 4. The van der Waals surface area contributed by atoms with Crippen molar-refractivity contribution in [3.05, 3.63) is 23.0 Å². The van der Waals surface area contributed by atoms with Crippen molar-refractivity contribution in [2.45, 2.75) is 32.4 Å². The third-order valence-electron chi connectivity index (χ3n) is 2.18. The summed E-state index contributed by atoms with van der Waals surface area (Å²) in [6, 6.07) is 1.32. The number of amides is 1. The summed E-state index contributed by atoms with van der Waals surface area (Å²) < 4.78 is 0. The Balaban J connectivity index is 2.73. The highest BCUT2D eigenvalue weighted by molar-refractivity contribution is 6.32. The van der Waals surface area contributed by atoms with Gasteiger partial charge in [0.2, 0.25) is 0 Å². The molecule has 0 saturated carbocycles. The first kappa shape index (κ1) is 13.7. The van der Waals surface area contributed by atoms with E-state index in [1.54, 1.807) is 13.8 Å². The largest absolute Gasteiger partial charge is 0.397 e. The number of aliphatic hydroxyl groups excluding tert-OH is 1. The molecule has 1 amide bonds. The van der Waals surface area contributed by atoms with Crippen LogP contribution in [0.4, 0.5) is 5.69 Å². The minimum Gasteiger partial charge on any atom is -0.397 e. The van der Waals surface area contributed by atoms with E-state index in [-0.39, 0.29) is 22.7 Å². The smallest absolute Gasteiger partial charge is 0.254 e. The van der Waals surface area contributed by atoms with E-state index in [9.17, 15) is 9.90 Å². The van der Waals surface area contributed by atoms with Gasteiger partial charge in [0.15, 0.2) is 0 Å². The summed E-state index contributed by atoms with van der Waals surface area (Å²) in [4.78, 5) is 15.6. The van der Waals surface area contributed by atoms with Gasteiger partial charge in [0.1, 0.15) is 5.15 Å². The fourth-order valence-electron chi connectivity index (χ4n) is 1.50. The fourth-order valence-corrected chi connectivity index (χ4v) is 1.68. The molecule has 0 aliphatic carbocycles. The molecule has 0 spiro atoms. The van der Waals surface area contributed by atoms with Crippen molar-refractivity contribution >= 4 is 23.2 Å². The van der Waals surface area contributed by atoms with Crippen molar-refractivity contribution in [1.82, 2.24) is 10.3 Å². The second kappa shape index (κ2) is 5.84. The predicted molar refractivity (Wildman–Crippen MR) is 66.9 cm³/mol. The summed E-state index contributed by atoms with van der Waals surface area (Å²) in [6.45, 7) is 3.47. The number of nitrogens with zero attached hydrogens (tertiary/aromatic N) is 1. The van der Waals surface area contributed by atoms with Crippen LogP contribution >= 0.6 is 11.6 Å². The van der Waals surface area contributed by atoms with Crippen molar-refractivity contribution in [2.24, 2.45) is 0 Å². The lowest BCUT2D eigenvalue weighted by molar-refractivity contribution is 0.0923. The van der Waals surface area contributed by atoms with Gasteiger partial charge >= 0.3 is 0 Å². The third kappa shape index (κ3) is 4.20. The van der Waals surface area contributed by atoms with Crippen LogP contribution in [0.5, 0.6) is 0 Å². The Kier molecular flexibility index (Phi) is 4.72. The molecule has 5 nitrogen and oxygen atoms in total. The van der Waals surface area contributed by atoms with Crippen molar-refractivity contribution in [3.8, 4) is 0 Å². The molecule has 1 aromatic heterocycles. The van der Waals surface area contributed by atoms with Crippen LogP contribution in [0.2, 0.25) is 5.15 Å². The molecule has 1 rings (SSSR count). The molecule has 4 N–H and O–H groups in total. The monoisotopic (exact) mass is 257 g/mol. The van der Waals surface area contributed by atoms with Gasteiger partial charge in [0.25, 0.3) is 5.91 Å². The molecule has 2 atom stereocenters. The number of nitrogen functional groups attached to an aromatic ring is 1. The Bertz CT molecular complexity index is 410. The van der Waals surface area contributed by atoms with Gasteiger partial charge in [-0.1, -0.05) is 11.6 Å². The lowest BCUT2D eigenvalue weighted by Gasteiger charge is -2.15. The van der Waals surface area contributed by atoms with E-state index in [1.165, 1.54) is 12.3 Å². The van der Waals surface area contributed by atoms with Crippen LogP contribution in [0, 0.1) is 0 Å². The topological polar surface area (TPSA) is 88.2 Å². The van der Waals surface area contributed by atoms with Gasteiger partial charge in [-0.2, -0.15) is 0 Å². The van der Waals surface area contributed by atoms with Gasteiger partial charge in [-0.3, -0.25) is 4.79 Å². The molecule has 0 aliphatic heterocycles. The molecule has 0 fully saturated rings. The maximum absolute atomic E-state index is 11.8. The first-order valence-electron chi connectivity index (χ1n) is 5.30. The summed E-state index contributed by atoms with van der Waals surface area (Å²) in [5.74, 6) is -0.344. The maximum Gasteiger partial charge on any atom is 0.254 e. The molecule has 0 aliphatic rings. The third-order valence-corrected chi connectivity index (χ3v) is 2.48. The fraction of sp³-hybridized carbons (Fsp3) is 0.455. The molecule has 6 heteroatoms. The molecule has 0 radical (unpaired) electrons. The molecule has 1 aromatic rings. The molecule has 1 heterocycles. The minimum absolute atomic E-state index is 0.112. The zero-order valence-corrected chi connectivity index (χ0v) is 10.5. The van der Waals surface area contributed by atoms with Gasteiger partial charge in [-0.05, 0) is 26.3 Å². The summed E-state index contributed by atoms with van der Waals surface area (Å²) in [5.41, 5.74) is 6.15. The Labute approximate surface area is 105 Å². The van der Waals surface area contributed by atoms with Crippen molar-refractivity contribution in [1.29, 1.82) is 0 Å². The quantitative estimate of drug-likeness (QED) is 0.708. The average Bonchev–Trinajstić information content (AvgIpc) is 2.20. The van der Waals surface area contributed by atoms with Crippen LogP contribution < -0.4 is 11.1 Å². The number of nitrogens with two attached hydrogens (primary N) is 1. The van der Waals surface area contributed by atoms with Gasteiger partial charge in [-0.25, -0.2) is 4.98 Å². The maximum atomic E-state index is 11.8. The Morgan fingerprint density at radius 3 is 2.88 bits per heavy atom. The molecule has 0 saturated heterocycles. The van der Waals surface area contributed by atoms with Crippen LogP contribution in [0.3, 0.4) is 0 Å². The van der Waals surface area contributed by atoms with Crippen LogP contribution in [-0.4, -0.2) is 28.1 Å². The van der Waals surface area contributed by atoms with Crippen molar-refractivity contribution < 1.29 is 9.90 Å². The number of carbonyl (C=O) groups excluding carboxylic acids is 1. The number of aliphatic hydroxyl groups is 1. The van der Waals surface area contributed by atoms with Gasteiger partial charge in [-0.15, -0.1) is 0 Å². The minimum atomic E-state index is -0.472. The predicted octanol–water partition coefficient (Wildman–Crippen LogP) is 1.21.